The smallest absolute Gasteiger partial charge is 0.346 e. The zero-order chi connectivity index (χ0) is 25.6. The number of aromatic hydroxyl groups is 1. The molecule has 0 aliphatic rings. The molecular formula is C27H21FN2O5S. The molecule has 5 rings (SSSR count). The second-order valence-electron chi connectivity index (χ2n) is 8.47. The van der Waals surface area contributed by atoms with Crippen LogP contribution in [0.3, 0.4) is 0 Å². The molecule has 36 heavy (non-hydrogen) atoms. The largest absolute Gasteiger partial charge is 0.506 e. The van der Waals surface area contributed by atoms with Gasteiger partial charge in [-0.15, -0.1) is 11.3 Å². The number of aromatic amines is 2. The Morgan fingerprint density at radius 3 is 2.64 bits per heavy atom. The highest BCUT2D eigenvalue weighted by atomic mass is 32.1. The van der Waals surface area contributed by atoms with Gasteiger partial charge in [-0.05, 0) is 37.1 Å². The van der Waals surface area contributed by atoms with Gasteiger partial charge in [-0.1, -0.05) is 29.8 Å². The number of carbonyl (C=O) groups excluding carboxylic acids is 1. The van der Waals surface area contributed by atoms with Crippen LogP contribution < -0.4 is 0 Å². The molecule has 3 heterocycles. The number of hydrogen-bond donors (Lipinski definition) is 5. The number of allylic oxidation sites excluding steroid dienone is 1. The lowest BCUT2D eigenvalue weighted by Gasteiger charge is -2.03. The van der Waals surface area contributed by atoms with Crippen molar-refractivity contribution >= 4 is 44.9 Å². The van der Waals surface area contributed by atoms with Gasteiger partial charge < -0.3 is 25.3 Å². The number of carboxylic acids is 1. The van der Waals surface area contributed by atoms with Gasteiger partial charge in [0.1, 0.15) is 21.3 Å². The number of halogens is 1. The maximum Gasteiger partial charge on any atom is 0.346 e. The van der Waals surface area contributed by atoms with Gasteiger partial charge >= 0.3 is 5.97 Å². The molecule has 0 aliphatic carbocycles. The normalized spacial score (nSPS) is 12.0. The highest BCUT2D eigenvalue weighted by molar-refractivity contribution is 7.17. The second kappa shape index (κ2) is 9.10. The van der Waals surface area contributed by atoms with Gasteiger partial charge in [-0.2, -0.15) is 0 Å². The Kier molecular flexibility index (Phi) is 5.95. The van der Waals surface area contributed by atoms with E-state index in [0.29, 0.717) is 45.2 Å². The van der Waals surface area contributed by atoms with Crippen LogP contribution in [-0.2, 0) is 6.42 Å². The number of aromatic nitrogens is 2. The van der Waals surface area contributed by atoms with Crippen LogP contribution in [0.5, 0.6) is 5.75 Å². The molecule has 9 heteroatoms. The lowest BCUT2D eigenvalue weighted by atomic mass is 10.0. The topological polar surface area (TPSA) is 126 Å². The maximum atomic E-state index is 13.6. The first-order valence-corrected chi connectivity index (χ1v) is 11.9. The minimum absolute atomic E-state index is 0.0128. The van der Waals surface area contributed by atoms with Crippen molar-refractivity contribution in [2.45, 2.75) is 13.3 Å². The molecule has 3 aromatic heterocycles. The third kappa shape index (κ3) is 3.88. The molecule has 0 spiro atoms. The molecule has 0 unspecified atom stereocenters. The Balaban J connectivity index is 1.62. The fourth-order valence-corrected chi connectivity index (χ4v) is 5.33. The minimum Gasteiger partial charge on any atom is -0.506 e. The van der Waals surface area contributed by atoms with E-state index < -0.39 is 23.3 Å². The van der Waals surface area contributed by atoms with Crippen LogP contribution in [0.4, 0.5) is 4.39 Å². The van der Waals surface area contributed by atoms with Crippen LogP contribution in [0.25, 0.3) is 32.9 Å². The first kappa shape index (κ1) is 23.5. The molecule has 0 amide bonds. The molecule has 0 saturated carbocycles. The van der Waals surface area contributed by atoms with Crippen molar-refractivity contribution < 1.29 is 29.3 Å². The summed E-state index contributed by atoms with van der Waals surface area (Å²) in [6.45, 7) is 1.78. The van der Waals surface area contributed by atoms with Gasteiger partial charge in [-0.25, -0.2) is 9.18 Å². The molecule has 0 aliphatic heterocycles. The number of aliphatic hydroxyl groups excluding tert-OH is 1. The van der Waals surface area contributed by atoms with Gasteiger partial charge in [0.25, 0.3) is 0 Å². The molecule has 5 aromatic rings. The molecule has 0 radical (unpaired) electrons. The summed E-state index contributed by atoms with van der Waals surface area (Å²) in [5.74, 6) is -2.68. The van der Waals surface area contributed by atoms with E-state index >= 15 is 0 Å². The summed E-state index contributed by atoms with van der Waals surface area (Å²) in [6.07, 6.45) is 5.50. The predicted molar refractivity (Wildman–Crippen MR) is 136 cm³/mol. The molecule has 2 aromatic carbocycles. The number of carbonyl (C=O) groups is 2. The fourth-order valence-electron chi connectivity index (χ4n) is 4.33. The Labute approximate surface area is 208 Å². The lowest BCUT2D eigenvalue weighted by molar-refractivity contribution is 0.0702. The summed E-state index contributed by atoms with van der Waals surface area (Å²) in [7, 11) is 0. The number of fused-ring (bicyclic) bond motifs is 2. The quantitative estimate of drug-likeness (QED) is 0.145. The average molecular weight is 505 g/mol. The standard InChI is InChI=1S/C27H21FN2O5S/c1-13(12-31)5-6-14-3-2-4-17-19(11-30-22(14)17)23(32)26-24(33)21(25(36-26)27(34)35)18-10-29-20-9-15(28)7-8-16(18)20/h2-5,7-11,29-31,33H,6,12H2,1H3,(H,34,35). The van der Waals surface area contributed by atoms with Gasteiger partial charge in [0.2, 0.25) is 5.78 Å². The third-order valence-electron chi connectivity index (χ3n) is 6.16. The van der Waals surface area contributed by atoms with Crippen molar-refractivity contribution in [2.24, 2.45) is 0 Å². The summed E-state index contributed by atoms with van der Waals surface area (Å²) in [6, 6.07) is 9.53. The number of H-pyrrole nitrogens is 2. The first-order valence-electron chi connectivity index (χ1n) is 11.1. The third-order valence-corrected chi connectivity index (χ3v) is 7.33. The van der Waals surface area contributed by atoms with Crippen molar-refractivity contribution in [2.75, 3.05) is 6.61 Å². The molecular weight excluding hydrogens is 483 g/mol. The van der Waals surface area contributed by atoms with Crippen molar-refractivity contribution in [1.82, 2.24) is 9.97 Å². The van der Waals surface area contributed by atoms with Crippen LogP contribution in [0.2, 0.25) is 0 Å². The van der Waals surface area contributed by atoms with Crippen LogP contribution in [0.1, 0.15) is 37.4 Å². The molecule has 5 N–H and O–H groups in total. The number of ketones is 1. The maximum absolute atomic E-state index is 13.6. The van der Waals surface area contributed by atoms with Crippen molar-refractivity contribution in [3.8, 4) is 16.9 Å². The van der Waals surface area contributed by atoms with E-state index in [1.165, 1.54) is 24.4 Å². The van der Waals surface area contributed by atoms with Crippen LogP contribution in [0, 0.1) is 5.82 Å². The van der Waals surface area contributed by atoms with Gasteiger partial charge in [0, 0.05) is 45.3 Å². The number of aromatic carboxylic acids is 1. The highest BCUT2D eigenvalue weighted by Gasteiger charge is 2.30. The second-order valence-corrected chi connectivity index (χ2v) is 9.49. The van der Waals surface area contributed by atoms with Gasteiger partial charge in [-0.3, -0.25) is 4.79 Å². The summed E-state index contributed by atoms with van der Waals surface area (Å²) < 4.78 is 13.6. The minimum atomic E-state index is -1.28. The fraction of sp³-hybridized carbons (Fsp3) is 0.111. The molecule has 0 fully saturated rings. The molecule has 0 saturated heterocycles. The van der Waals surface area contributed by atoms with E-state index in [2.05, 4.69) is 9.97 Å². The Bertz CT molecular complexity index is 1690. The van der Waals surface area contributed by atoms with Crippen LogP contribution in [0.15, 0.2) is 60.4 Å². The Morgan fingerprint density at radius 1 is 1.08 bits per heavy atom. The zero-order valence-electron chi connectivity index (χ0n) is 19.1. The van der Waals surface area contributed by atoms with E-state index in [0.717, 1.165) is 16.7 Å². The first-order chi connectivity index (χ1) is 17.3. The number of aliphatic hydroxyl groups is 1. The molecule has 7 nitrogen and oxygen atoms in total. The number of para-hydroxylation sites is 1. The molecule has 0 atom stereocenters. The van der Waals surface area contributed by atoms with Crippen molar-refractivity contribution in [1.29, 1.82) is 0 Å². The van der Waals surface area contributed by atoms with E-state index in [4.69, 9.17) is 0 Å². The van der Waals surface area contributed by atoms with Gasteiger partial charge in [0.05, 0.1) is 12.2 Å². The van der Waals surface area contributed by atoms with Crippen molar-refractivity contribution in [3.63, 3.8) is 0 Å². The van der Waals surface area contributed by atoms with Crippen LogP contribution >= 0.6 is 11.3 Å². The van der Waals surface area contributed by atoms with E-state index in [1.807, 2.05) is 25.1 Å². The van der Waals surface area contributed by atoms with Crippen molar-refractivity contribution in [3.05, 3.63) is 87.1 Å². The Morgan fingerprint density at radius 2 is 1.89 bits per heavy atom. The number of nitrogens with one attached hydrogen (secondary N) is 2. The summed E-state index contributed by atoms with van der Waals surface area (Å²) in [5, 5.41) is 31.4. The van der Waals surface area contributed by atoms with Gasteiger partial charge in [0.15, 0.2) is 0 Å². The summed E-state index contributed by atoms with van der Waals surface area (Å²) >= 11 is 0.702. The number of carboxylic acid groups (broad SMARTS) is 1. The van der Waals surface area contributed by atoms with E-state index in [9.17, 15) is 29.3 Å². The zero-order valence-corrected chi connectivity index (χ0v) is 19.9. The lowest BCUT2D eigenvalue weighted by Crippen LogP contribution is -1.98. The number of benzene rings is 2. The molecule has 0 bridgehead atoms. The summed E-state index contributed by atoms with van der Waals surface area (Å²) in [4.78, 5) is 31.4. The molecule has 182 valence electrons. The predicted octanol–water partition coefficient (Wildman–Crippen LogP) is 5.63. The number of hydrogen-bond acceptors (Lipinski definition) is 5. The van der Waals surface area contributed by atoms with E-state index in [-0.39, 0.29) is 21.9 Å². The SMILES string of the molecule is CC(=CCc1cccc2c(C(=O)c3sc(C(=O)O)c(-c4c[nH]c5cc(F)ccc45)c3O)c[nH]c12)CO. The number of thiophene rings is 1. The van der Waals surface area contributed by atoms with E-state index in [1.54, 1.807) is 12.3 Å². The monoisotopic (exact) mass is 504 g/mol. The highest BCUT2D eigenvalue weighted by Crippen LogP contribution is 2.45. The Hall–Kier alpha value is -4.21. The number of rotatable bonds is 7. The van der Waals surface area contributed by atoms with Crippen LogP contribution in [-0.4, -0.2) is 43.6 Å². The average Bonchev–Trinajstić information content (AvgIpc) is 3.56. The summed E-state index contributed by atoms with van der Waals surface area (Å²) in [5.41, 5.74) is 3.61.